The number of carbonyl (C=O) groups excluding carboxylic acids is 1. The van der Waals surface area contributed by atoms with Gasteiger partial charge in [0.1, 0.15) is 16.3 Å². The summed E-state index contributed by atoms with van der Waals surface area (Å²) in [5.74, 6) is -1.02. The zero-order valence-electron chi connectivity index (χ0n) is 14.0. The fourth-order valence-electron chi connectivity index (χ4n) is 2.39. The van der Waals surface area contributed by atoms with Crippen molar-refractivity contribution in [2.45, 2.75) is 6.92 Å². The Hall–Kier alpha value is -3.13. The van der Waals surface area contributed by atoms with E-state index in [9.17, 15) is 14.4 Å². The van der Waals surface area contributed by atoms with Crippen molar-refractivity contribution >= 4 is 38.5 Å². The number of amides is 1. The number of benzene rings is 1. The van der Waals surface area contributed by atoms with Crippen LogP contribution in [0.25, 0.3) is 10.3 Å². The first kappa shape index (κ1) is 17.7. The third kappa shape index (κ3) is 3.31. The minimum Gasteiger partial charge on any atom is -0.494 e. The summed E-state index contributed by atoms with van der Waals surface area (Å²) < 4.78 is 10.9. The third-order valence-electron chi connectivity index (χ3n) is 3.67. The van der Waals surface area contributed by atoms with Crippen LogP contribution in [0, 0.1) is 0 Å². The lowest BCUT2D eigenvalue weighted by Crippen LogP contribution is -2.25. The van der Waals surface area contributed by atoms with Gasteiger partial charge in [0.2, 0.25) is 0 Å². The fraction of sp³-hybridized carbons (Fsp3) is 0.167. The smallest absolute Gasteiger partial charge is 0.351 e. The van der Waals surface area contributed by atoms with Crippen molar-refractivity contribution in [3.8, 4) is 5.75 Å². The van der Waals surface area contributed by atoms with Gasteiger partial charge in [-0.2, -0.15) is 0 Å². The first-order chi connectivity index (χ1) is 12.4. The van der Waals surface area contributed by atoms with Crippen molar-refractivity contribution in [3.05, 3.63) is 57.9 Å². The molecule has 3 aromatic rings. The molecule has 0 fully saturated rings. The highest BCUT2D eigenvalue weighted by Crippen LogP contribution is 2.32. The molecule has 0 aliphatic carbocycles. The van der Waals surface area contributed by atoms with E-state index in [0.717, 1.165) is 11.3 Å². The number of fused-ring (bicyclic) bond motifs is 1. The number of nitrogens with zero attached hydrogens (tertiary/aromatic N) is 1. The summed E-state index contributed by atoms with van der Waals surface area (Å²) in [5.41, 5.74) is -0.677. The van der Waals surface area contributed by atoms with Crippen molar-refractivity contribution in [2.75, 3.05) is 18.6 Å². The molecule has 0 radical (unpaired) electrons. The molecule has 0 bridgehead atoms. The summed E-state index contributed by atoms with van der Waals surface area (Å²) in [7, 11) is 1.59. The second kappa shape index (κ2) is 7.01. The van der Waals surface area contributed by atoms with Crippen LogP contribution in [-0.4, -0.2) is 30.6 Å². The monoisotopic (exact) mass is 373 g/mol. The van der Waals surface area contributed by atoms with Gasteiger partial charge < -0.3 is 19.2 Å². The molecule has 8 heteroatoms. The maximum absolute atomic E-state index is 12.7. The van der Waals surface area contributed by atoms with Gasteiger partial charge in [-0.25, -0.2) is 9.59 Å². The molecule has 0 saturated carbocycles. The van der Waals surface area contributed by atoms with Crippen molar-refractivity contribution in [1.82, 2.24) is 0 Å². The second-order valence-corrected chi connectivity index (χ2v) is 6.45. The number of thiophene rings is 1. The van der Waals surface area contributed by atoms with Crippen molar-refractivity contribution in [3.63, 3.8) is 0 Å². The summed E-state index contributed by atoms with van der Waals surface area (Å²) >= 11 is 1.16. The number of ether oxygens (including phenoxy) is 1. The predicted molar refractivity (Wildman–Crippen MR) is 97.7 cm³/mol. The molecule has 0 spiro atoms. The molecule has 0 aliphatic heterocycles. The molecule has 1 amide bonds. The number of rotatable bonds is 5. The molecule has 2 aromatic heterocycles. The minimum atomic E-state index is -1.35. The van der Waals surface area contributed by atoms with Gasteiger partial charge in [0.25, 0.3) is 5.91 Å². The maximum Gasteiger partial charge on any atom is 0.351 e. The Balaban J connectivity index is 1.95. The molecule has 1 N–H and O–H groups in total. The Morgan fingerprint density at radius 3 is 2.73 bits per heavy atom. The van der Waals surface area contributed by atoms with Gasteiger partial charge in [-0.1, -0.05) is 6.07 Å². The van der Waals surface area contributed by atoms with E-state index in [0.29, 0.717) is 27.6 Å². The average Bonchev–Trinajstić information content (AvgIpc) is 3.02. The molecular formula is C18H15NO6S. The molecule has 0 unspecified atom stereocenters. The van der Waals surface area contributed by atoms with E-state index >= 15 is 0 Å². The number of carbonyl (C=O) groups is 2. The molecule has 2 heterocycles. The summed E-state index contributed by atoms with van der Waals surface area (Å²) in [4.78, 5) is 36.8. The highest BCUT2D eigenvalue weighted by Gasteiger charge is 2.19. The van der Waals surface area contributed by atoms with E-state index in [-0.39, 0.29) is 11.5 Å². The van der Waals surface area contributed by atoms with Gasteiger partial charge >= 0.3 is 11.6 Å². The molecular weight excluding hydrogens is 358 g/mol. The Kier molecular flexibility index (Phi) is 4.77. The van der Waals surface area contributed by atoms with Crippen LogP contribution in [-0.2, 0) is 0 Å². The maximum atomic E-state index is 12.7. The van der Waals surface area contributed by atoms with Gasteiger partial charge in [-0.05, 0) is 31.2 Å². The third-order valence-corrected chi connectivity index (χ3v) is 4.81. The molecule has 7 nitrogen and oxygen atoms in total. The zero-order valence-corrected chi connectivity index (χ0v) is 14.8. The van der Waals surface area contributed by atoms with Gasteiger partial charge in [-0.15, -0.1) is 11.3 Å². The summed E-state index contributed by atoms with van der Waals surface area (Å²) in [5, 5.41) is 9.54. The van der Waals surface area contributed by atoms with Crippen molar-refractivity contribution in [1.29, 1.82) is 0 Å². The first-order valence-electron chi connectivity index (χ1n) is 7.72. The number of hydrogen-bond acceptors (Lipinski definition) is 6. The normalized spacial score (nSPS) is 10.7. The van der Waals surface area contributed by atoms with Crippen LogP contribution in [0.4, 0.5) is 5.00 Å². The Morgan fingerprint density at radius 2 is 2.04 bits per heavy atom. The molecule has 0 atom stereocenters. The largest absolute Gasteiger partial charge is 0.494 e. The second-order valence-electron chi connectivity index (χ2n) is 5.39. The van der Waals surface area contributed by atoms with Crippen LogP contribution in [0.5, 0.6) is 5.75 Å². The minimum absolute atomic E-state index is 0.239. The van der Waals surface area contributed by atoms with Gasteiger partial charge in [0, 0.05) is 18.7 Å². The Labute approximate surface area is 152 Å². The van der Waals surface area contributed by atoms with E-state index < -0.39 is 17.2 Å². The topological polar surface area (TPSA) is 97.0 Å². The number of carboxylic acids is 1. The highest BCUT2D eigenvalue weighted by molar-refractivity contribution is 7.22. The van der Waals surface area contributed by atoms with Crippen molar-refractivity contribution < 1.29 is 23.8 Å². The van der Waals surface area contributed by atoms with Gasteiger partial charge in [0.05, 0.1) is 11.3 Å². The fourth-order valence-corrected chi connectivity index (χ4v) is 3.38. The van der Waals surface area contributed by atoms with Gasteiger partial charge in [-0.3, -0.25) is 4.79 Å². The van der Waals surface area contributed by atoms with E-state index in [4.69, 9.17) is 14.3 Å². The van der Waals surface area contributed by atoms with Crippen LogP contribution in [0.3, 0.4) is 0 Å². The highest BCUT2D eigenvalue weighted by atomic mass is 32.1. The standard InChI is InChI=1S/C18H15NO6S/c1-3-24-11-6-4-5-10(7-11)16(20)19(2)15-9-13-14(26-15)8-12(17(21)22)18(23)25-13/h4-9H,3H2,1-2H3,(H,21,22). The molecule has 0 saturated heterocycles. The van der Waals surface area contributed by atoms with Crippen LogP contribution in [0.15, 0.2) is 45.6 Å². The lowest BCUT2D eigenvalue weighted by Gasteiger charge is -2.15. The lowest BCUT2D eigenvalue weighted by molar-refractivity contribution is 0.0692. The van der Waals surface area contributed by atoms with Gasteiger partial charge in [0.15, 0.2) is 5.58 Å². The summed E-state index contributed by atoms with van der Waals surface area (Å²) in [6, 6.07) is 9.62. The molecule has 0 aliphatic rings. The van der Waals surface area contributed by atoms with Crippen LogP contribution >= 0.6 is 11.3 Å². The van der Waals surface area contributed by atoms with Crippen LogP contribution in [0.2, 0.25) is 0 Å². The Morgan fingerprint density at radius 1 is 1.27 bits per heavy atom. The zero-order chi connectivity index (χ0) is 18.8. The van der Waals surface area contributed by atoms with Crippen LogP contribution < -0.4 is 15.3 Å². The average molecular weight is 373 g/mol. The van der Waals surface area contributed by atoms with E-state index in [1.807, 2.05) is 6.92 Å². The van der Waals surface area contributed by atoms with E-state index in [2.05, 4.69) is 0 Å². The quantitative estimate of drug-likeness (QED) is 0.737. The van der Waals surface area contributed by atoms with E-state index in [1.165, 1.54) is 17.0 Å². The number of anilines is 1. The molecule has 3 rings (SSSR count). The SMILES string of the molecule is CCOc1cccc(C(=O)N(C)c2cc3oc(=O)c(C(=O)O)cc3s2)c1. The Bertz CT molecular complexity index is 1050. The van der Waals surface area contributed by atoms with E-state index in [1.54, 1.807) is 31.3 Å². The number of carboxylic acid groups (broad SMARTS) is 1. The molecule has 1 aromatic carbocycles. The number of aromatic carboxylic acids is 1. The van der Waals surface area contributed by atoms with Crippen molar-refractivity contribution in [2.24, 2.45) is 0 Å². The summed E-state index contributed by atoms with van der Waals surface area (Å²) in [6.07, 6.45) is 0. The predicted octanol–water partition coefficient (Wildman–Crippen LogP) is 3.23. The number of hydrogen-bond donors (Lipinski definition) is 1. The first-order valence-corrected chi connectivity index (χ1v) is 8.54. The molecule has 134 valence electrons. The van der Waals surface area contributed by atoms with Crippen LogP contribution in [0.1, 0.15) is 27.6 Å². The molecule has 26 heavy (non-hydrogen) atoms. The lowest BCUT2D eigenvalue weighted by atomic mass is 10.2. The summed E-state index contributed by atoms with van der Waals surface area (Å²) in [6.45, 7) is 2.35.